The van der Waals surface area contributed by atoms with E-state index in [4.69, 9.17) is 4.74 Å². The molecule has 0 aliphatic heterocycles. The Morgan fingerprint density at radius 1 is 1.09 bits per heavy atom. The van der Waals surface area contributed by atoms with Gasteiger partial charge in [-0.25, -0.2) is 14.4 Å². The molecule has 1 fully saturated rings. The number of anilines is 1. The normalized spacial score (nSPS) is 27.6. The Bertz CT molecular complexity index is 1250. The van der Waals surface area contributed by atoms with Gasteiger partial charge in [0.25, 0.3) is 0 Å². The van der Waals surface area contributed by atoms with Crippen molar-refractivity contribution < 1.29 is 14.2 Å². The van der Waals surface area contributed by atoms with Crippen molar-refractivity contribution in [2.75, 3.05) is 19.1 Å². The van der Waals surface area contributed by atoms with Crippen LogP contribution in [0.1, 0.15) is 26.7 Å². The molecule has 5 rings (SSSR count). The molecule has 34 heavy (non-hydrogen) atoms. The van der Waals surface area contributed by atoms with Gasteiger partial charge in [-0.05, 0) is 47.6 Å². The third-order valence-electron chi connectivity index (χ3n) is 7.22. The van der Waals surface area contributed by atoms with Crippen molar-refractivity contribution in [2.24, 2.45) is 10.8 Å². The Hall–Kier alpha value is -3.55. The van der Waals surface area contributed by atoms with Crippen molar-refractivity contribution in [1.82, 2.24) is 20.2 Å². The lowest BCUT2D eigenvalue weighted by molar-refractivity contribution is 0.0546. The van der Waals surface area contributed by atoms with Crippen molar-refractivity contribution in [2.45, 2.75) is 38.9 Å². The Balaban J connectivity index is 1.37. The summed E-state index contributed by atoms with van der Waals surface area (Å²) in [5.41, 5.74) is 1.67. The molecule has 176 valence electrons. The standard InChI is InChI=1S/C26H28FN5O2/c1-25-8-9-26(2,15-25)23(27)19(13-25)32(3)21-14-29-24(31-30-21)18-6-5-16(11-20(18)33)17-7-10-28-22(12-17)34-4/h5-12,14,19,23,33H,13,15H2,1-4H3/t19-,23-,25-,26-/m1/s1. The van der Waals surface area contributed by atoms with E-state index in [9.17, 15) is 5.11 Å². The smallest absolute Gasteiger partial charge is 0.213 e. The Morgan fingerprint density at radius 3 is 2.59 bits per heavy atom. The minimum absolute atomic E-state index is 0.0105. The Morgan fingerprint density at radius 2 is 1.88 bits per heavy atom. The molecule has 2 bridgehead atoms. The average molecular weight is 462 g/mol. The lowest BCUT2D eigenvalue weighted by Gasteiger charge is -2.46. The first kappa shape index (κ1) is 22.3. The van der Waals surface area contributed by atoms with E-state index in [0.29, 0.717) is 29.5 Å². The van der Waals surface area contributed by atoms with Gasteiger partial charge in [-0.1, -0.05) is 32.1 Å². The van der Waals surface area contributed by atoms with Crippen LogP contribution >= 0.6 is 0 Å². The molecule has 1 N–H and O–H groups in total. The van der Waals surface area contributed by atoms with Gasteiger partial charge in [-0.15, -0.1) is 10.2 Å². The average Bonchev–Trinajstić information content (AvgIpc) is 3.12. The second-order valence-corrected chi connectivity index (χ2v) is 9.91. The number of benzene rings is 1. The number of nitrogens with zero attached hydrogens (tertiary/aromatic N) is 5. The first-order valence-electron chi connectivity index (χ1n) is 11.3. The maximum atomic E-state index is 15.4. The SMILES string of the molecule is COc1cc(-c2ccc(-c3ncc(N(C)[C@@H]4C[C@@]5(C)C=C[C@](C)(C5)[C@@H]4F)nn3)c(O)c2)ccn1. The molecule has 3 aromatic rings. The molecule has 8 heteroatoms. The van der Waals surface area contributed by atoms with Crippen LogP contribution in [0.4, 0.5) is 10.2 Å². The first-order chi connectivity index (χ1) is 16.2. The second kappa shape index (κ2) is 8.04. The van der Waals surface area contributed by atoms with E-state index in [2.05, 4.69) is 33.2 Å². The van der Waals surface area contributed by atoms with E-state index in [1.54, 1.807) is 37.7 Å². The van der Waals surface area contributed by atoms with Gasteiger partial charge in [0.05, 0.1) is 24.9 Å². The fourth-order valence-corrected chi connectivity index (χ4v) is 5.39. The molecule has 2 aliphatic rings. The minimum atomic E-state index is -1.01. The summed E-state index contributed by atoms with van der Waals surface area (Å²) < 4.78 is 20.6. The predicted octanol–water partition coefficient (Wildman–Crippen LogP) is 4.83. The van der Waals surface area contributed by atoms with Crippen LogP contribution in [0.3, 0.4) is 0 Å². The fourth-order valence-electron chi connectivity index (χ4n) is 5.39. The molecule has 2 aliphatic carbocycles. The van der Waals surface area contributed by atoms with Crippen LogP contribution in [-0.4, -0.2) is 51.6 Å². The number of aromatic hydroxyl groups is 1. The summed E-state index contributed by atoms with van der Waals surface area (Å²) >= 11 is 0. The number of phenols is 1. The van der Waals surface area contributed by atoms with Gasteiger partial charge in [0.2, 0.25) is 5.88 Å². The molecule has 2 aromatic heterocycles. The molecule has 7 nitrogen and oxygen atoms in total. The quantitative estimate of drug-likeness (QED) is 0.545. The topological polar surface area (TPSA) is 84.3 Å². The predicted molar refractivity (Wildman–Crippen MR) is 128 cm³/mol. The number of halogens is 1. The van der Waals surface area contributed by atoms with Crippen molar-refractivity contribution >= 4 is 5.82 Å². The molecule has 0 spiro atoms. The molecular weight excluding hydrogens is 433 g/mol. The third kappa shape index (κ3) is 3.77. The minimum Gasteiger partial charge on any atom is -0.507 e. The van der Waals surface area contributed by atoms with Gasteiger partial charge in [0.15, 0.2) is 11.6 Å². The zero-order chi connectivity index (χ0) is 24.1. The number of aromatic nitrogens is 4. The van der Waals surface area contributed by atoms with Gasteiger partial charge < -0.3 is 14.7 Å². The van der Waals surface area contributed by atoms with Crippen molar-refractivity contribution in [3.05, 3.63) is 54.9 Å². The van der Waals surface area contributed by atoms with Crippen LogP contribution in [-0.2, 0) is 0 Å². The van der Waals surface area contributed by atoms with Crippen LogP contribution in [0, 0.1) is 10.8 Å². The molecular formula is C26H28FN5O2. The highest BCUT2D eigenvalue weighted by molar-refractivity contribution is 5.73. The zero-order valence-electron chi connectivity index (χ0n) is 19.7. The fraction of sp³-hybridized carbons (Fsp3) is 0.385. The highest BCUT2D eigenvalue weighted by atomic mass is 19.1. The van der Waals surface area contributed by atoms with E-state index < -0.39 is 11.6 Å². The lowest BCUT2D eigenvalue weighted by atomic mass is 9.66. The molecule has 0 saturated heterocycles. The maximum Gasteiger partial charge on any atom is 0.213 e. The second-order valence-electron chi connectivity index (χ2n) is 9.91. The van der Waals surface area contributed by atoms with Crippen molar-refractivity contribution in [1.29, 1.82) is 0 Å². The Kier molecular flexibility index (Phi) is 5.26. The van der Waals surface area contributed by atoms with Crippen molar-refractivity contribution in [3.8, 4) is 34.1 Å². The summed E-state index contributed by atoms with van der Waals surface area (Å²) in [5.74, 6) is 1.34. The molecule has 0 unspecified atom stereocenters. The number of rotatable bonds is 5. The molecule has 0 amide bonds. The molecule has 1 aromatic carbocycles. The molecule has 4 atom stereocenters. The summed E-state index contributed by atoms with van der Waals surface area (Å²) in [6, 6.07) is 8.59. The number of allylic oxidation sites excluding steroid dienone is 2. The van der Waals surface area contributed by atoms with Gasteiger partial charge in [-0.3, -0.25) is 0 Å². The molecule has 2 heterocycles. The first-order valence-corrected chi connectivity index (χ1v) is 11.3. The molecule has 1 saturated carbocycles. The molecule has 0 radical (unpaired) electrons. The summed E-state index contributed by atoms with van der Waals surface area (Å²) in [6.45, 7) is 4.17. The summed E-state index contributed by atoms with van der Waals surface area (Å²) in [5, 5.41) is 19.2. The van der Waals surface area contributed by atoms with Crippen LogP contribution in [0.5, 0.6) is 11.6 Å². The van der Waals surface area contributed by atoms with Crippen LogP contribution in [0.2, 0.25) is 0 Å². The lowest BCUT2D eigenvalue weighted by Crippen LogP contribution is -2.52. The number of hydrogen-bond donors (Lipinski definition) is 1. The number of ether oxygens (including phenoxy) is 1. The number of fused-ring (bicyclic) bond motifs is 2. The summed E-state index contributed by atoms with van der Waals surface area (Å²) in [6.07, 6.45) is 7.97. The van der Waals surface area contributed by atoms with E-state index in [-0.39, 0.29) is 17.2 Å². The number of pyridine rings is 1. The van der Waals surface area contributed by atoms with Gasteiger partial charge in [0, 0.05) is 24.7 Å². The zero-order valence-corrected chi connectivity index (χ0v) is 19.7. The van der Waals surface area contributed by atoms with Gasteiger partial charge >= 0.3 is 0 Å². The summed E-state index contributed by atoms with van der Waals surface area (Å²) in [4.78, 5) is 10.4. The van der Waals surface area contributed by atoms with E-state index in [1.807, 2.05) is 37.1 Å². The maximum absolute atomic E-state index is 15.4. The highest BCUT2D eigenvalue weighted by Crippen LogP contribution is 2.55. The van der Waals surface area contributed by atoms with Crippen LogP contribution in [0.25, 0.3) is 22.5 Å². The van der Waals surface area contributed by atoms with E-state index in [1.165, 1.54) is 0 Å². The highest BCUT2D eigenvalue weighted by Gasteiger charge is 2.53. The van der Waals surface area contributed by atoms with Gasteiger partial charge in [0.1, 0.15) is 11.9 Å². The largest absolute Gasteiger partial charge is 0.507 e. The summed E-state index contributed by atoms with van der Waals surface area (Å²) in [7, 11) is 3.40. The number of alkyl halides is 1. The number of hydrogen-bond acceptors (Lipinski definition) is 7. The van der Waals surface area contributed by atoms with Crippen LogP contribution in [0.15, 0.2) is 54.9 Å². The Labute approximate surface area is 198 Å². The van der Waals surface area contributed by atoms with E-state index >= 15 is 4.39 Å². The number of phenolic OH excluding ortho intramolecular Hbond substituents is 1. The monoisotopic (exact) mass is 461 g/mol. The number of methoxy groups -OCH3 is 1. The third-order valence-corrected chi connectivity index (χ3v) is 7.22. The van der Waals surface area contributed by atoms with Crippen molar-refractivity contribution in [3.63, 3.8) is 0 Å². The van der Waals surface area contributed by atoms with Gasteiger partial charge in [-0.2, -0.15) is 0 Å². The van der Waals surface area contributed by atoms with E-state index in [0.717, 1.165) is 17.5 Å². The van der Waals surface area contributed by atoms with Crippen LogP contribution < -0.4 is 9.64 Å².